The monoisotopic (exact) mass is 496 g/mol. The van der Waals surface area contributed by atoms with Crippen LogP contribution in [-0.2, 0) is 33.4 Å². The number of carbonyl (C=O) groups is 1. The normalized spacial score (nSPS) is 14.0. The molecule has 0 N–H and O–H groups in total. The number of hydrogen-bond acceptors (Lipinski definition) is 7. The lowest BCUT2D eigenvalue weighted by molar-refractivity contribution is -0.116. The molecule has 0 aliphatic carbocycles. The Bertz CT molecular complexity index is 1280. The smallest absolute Gasteiger partial charge is 0.226 e. The van der Waals surface area contributed by atoms with Crippen LogP contribution in [0.3, 0.4) is 0 Å². The van der Waals surface area contributed by atoms with Gasteiger partial charge in [0, 0.05) is 25.1 Å². The number of rotatable bonds is 11. The van der Waals surface area contributed by atoms with Crippen LogP contribution in [-0.4, -0.2) is 50.0 Å². The van der Waals surface area contributed by atoms with Gasteiger partial charge in [-0.3, -0.25) is 9.69 Å². The third-order valence-corrected chi connectivity index (χ3v) is 7.81. The molecule has 0 amide bonds. The largest absolute Gasteiger partial charge is 0.497 e. The van der Waals surface area contributed by atoms with Crippen molar-refractivity contribution in [2.75, 3.05) is 26.0 Å². The first kappa shape index (κ1) is 25.1. The minimum Gasteiger partial charge on any atom is -0.497 e. The summed E-state index contributed by atoms with van der Waals surface area (Å²) in [7, 11) is -2.07. The summed E-state index contributed by atoms with van der Waals surface area (Å²) in [6.45, 7) is 4.56. The number of carbonyl (C=O) groups excluding carboxylic acids is 1. The van der Waals surface area contributed by atoms with Crippen LogP contribution < -0.4 is 4.74 Å². The van der Waals surface area contributed by atoms with E-state index in [1.807, 2.05) is 18.2 Å². The molecular weight excluding hydrogens is 464 g/mol. The van der Waals surface area contributed by atoms with Crippen LogP contribution in [0.15, 0.2) is 52.9 Å². The molecule has 7 nitrogen and oxygen atoms in total. The van der Waals surface area contributed by atoms with Gasteiger partial charge in [-0.25, -0.2) is 13.4 Å². The Morgan fingerprint density at radius 2 is 1.91 bits per heavy atom. The molecule has 0 saturated carbocycles. The summed E-state index contributed by atoms with van der Waals surface area (Å²) in [5.41, 5.74) is 3.83. The first-order chi connectivity index (χ1) is 16.8. The first-order valence-corrected chi connectivity index (χ1v) is 13.8. The molecule has 3 aromatic rings. The molecule has 2 aromatic carbocycles. The van der Waals surface area contributed by atoms with E-state index in [0.29, 0.717) is 35.1 Å². The lowest BCUT2D eigenvalue weighted by Crippen LogP contribution is -2.31. The fraction of sp³-hybridized carbons (Fsp3) is 0.407. The first-order valence-electron chi connectivity index (χ1n) is 11.9. The summed E-state index contributed by atoms with van der Waals surface area (Å²) < 4.78 is 36.3. The lowest BCUT2D eigenvalue weighted by atomic mass is 10.00. The number of unbranched alkanes of at least 4 members (excludes halogenated alkanes) is 1. The average molecular weight is 497 g/mol. The van der Waals surface area contributed by atoms with Gasteiger partial charge in [-0.2, -0.15) is 0 Å². The Morgan fingerprint density at radius 1 is 1.11 bits per heavy atom. The van der Waals surface area contributed by atoms with E-state index >= 15 is 0 Å². The van der Waals surface area contributed by atoms with E-state index in [1.54, 1.807) is 20.1 Å². The second-order valence-electron chi connectivity index (χ2n) is 9.08. The summed E-state index contributed by atoms with van der Waals surface area (Å²) in [6, 6.07) is 15.7. The predicted molar refractivity (Wildman–Crippen MR) is 135 cm³/mol. The molecule has 0 radical (unpaired) electrons. The number of aryl methyl sites for hydroxylation is 1. The molecule has 186 valence electrons. The molecule has 0 saturated heterocycles. The highest BCUT2D eigenvalue weighted by Gasteiger charge is 2.22. The summed E-state index contributed by atoms with van der Waals surface area (Å²) >= 11 is 0. The zero-order valence-corrected chi connectivity index (χ0v) is 21.1. The van der Waals surface area contributed by atoms with Gasteiger partial charge in [-0.05, 0) is 62.1 Å². The molecule has 4 rings (SSSR count). The van der Waals surface area contributed by atoms with Crippen LogP contribution in [0, 0.1) is 6.92 Å². The Labute approximate surface area is 207 Å². The molecule has 0 fully saturated rings. The van der Waals surface area contributed by atoms with E-state index in [1.165, 1.54) is 11.1 Å². The number of hydrogen-bond donors (Lipinski definition) is 0. The highest BCUT2D eigenvalue weighted by atomic mass is 32.2. The Balaban J connectivity index is 1.24. The number of ether oxygens (including phenoxy) is 1. The summed E-state index contributed by atoms with van der Waals surface area (Å²) in [5.74, 6) is 0.391. The molecule has 1 aromatic heterocycles. The maximum absolute atomic E-state index is 12.7. The molecule has 35 heavy (non-hydrogen) atoms. The van der Waals surface area contributed by atoms with Gasteiger partial charge in [-0.15, -0.1) is 0 Å². The van der Waals surface area contributed by atoms with E-state index in [-0.39, 0.29) is 18.0 Å². The predicted octanol–water partition coefficient (Wildman–Crippen LogP) is 4.37. The number of methoxy groups -OCH3 is 1. The van der Waals surface area contributed by atoms with Crippen molar-refractivity contribution in [3.63, 3.8) is 0 Å². The Kier molecular flexibility index (Phi) is 8.03. The molecule has 1 aliphatic heterocycles. The summed E-state index contributed by atoms with van der Waals surface area (Å²) in [4.78, 5) is 19.2. The van der Waals surface area contributed by atoms with Gasteiger partial charge in [0.05, 0.1) is 18.6 Å². The van der Waals surface area contributed by atoms with E-state index in [2.05, 4.69) is 34.1 Å². The molecule has 2 heterocycles. The highest BCUT2D eigenvalue weighted by Crippen LogP contribution is 2.26. The number of oxazole rings is 1. The van der Waals surface area contributed by atoms with Gasteiger partial charge in [0.25, 0.3) is 0 Å². The van der Waals surface area contributed by atoms with Crippen molar-refractivity contribution in [2.24, 2.45) is 0 Å². The van der Waals surface area contributed by atoms with Crippen LogP contribution in [0.1, 0.15) is 41.8 Å². The standard InChI is InChI=1S/C27H32N2O5S/c1-20-26(28-27(34-20)22-10-7-12-25(16-22)33-2)19-35(31,32)18-24(30)11-5-6-14-29-15-13-21-8-3-4-9-23(21)17-29/h3-4,7-10,12,16H,5-6,11,13-15,17-19H2,1-2H3. The molecule has 0 unspecified atom stereocenters. The zero-order chi connectivity index (χ0) is 24.8. The van der Waals surface area contributed by atoms with E-state index in [4.69, 9.17) is 9.15 Å². The van der Waals surface area contributed by atoms with Crippen molar-refractivity contribution in [1.29, 1.82) is 0 Å². The van der Waals surface area contributed by atoms with Gasteiger partial charge < -0.3 is 9.15 Å². The Morgan fingerprint density at radius 3 is 2.71 bits per heavy atom. The number of benzene rings is 2. The van der Waals surface area contributed by atoms with Crippen molar-refractivity contribution in [3.05, 3.63) is 71.1 Å². The second kappa shape index (κ2) is 11.2. The van der Waals surface area contributed by atoms with Gasteiger partial charge in [-0.1, -0.05) is 30.3 Å². The minimum absolute atomic E-state index is 0.247. The molecule has 0 spiro atoms. The molecule has 1 aliphatic rings. The minimum atomic E-state index is -3.64. The van der Waals surface area contributed by atoms with Crippen LogP contribution >= 0.6 is 0 Å². The van der Waals surface area contributed by atoms with Gasteiger partial charge in [0.1, 0.15) is 23.0 Å². The molecule has 0 bridgehead atoms. The van der Waals surface area contributed by atoms with Crippen molar-refractivity contribution in [1.82, 2.24) is 9.88 Å². The van der Waals surface area contributed by atoms with Crippen LogP contribution in [0.25, 0.3) is 11.5 Å². The lowest BCUT2D eigenvalue weighted by Gasteiger charge is -2.28. The van der Waals surface area contributed by atoms with Crippen molar-refractivity contribution in [2.45, 2.75) is 44.9 Å². The number of nitrogens with zero attached hydrogens (tertiary/aromatic N) is 2. The average Bonchev–Trinajstić information content (AvgIpc) is 3.20. The van der Waals surface area contributed by atoms with Gasteiger partial charge >= 0.3 is 0 Å². The van der Waals surface area contributed by atoms with E-state index in [9.17, 15) is 13.2 Å². The van der Waals surface area contributed by atoms with Gasteiger partial charge in [0.2, 0.25) is 5.89 Å². The Hall–Kier alpha value is -2.97. The number of fused-ring (bicyclic) bond motifs is 1. The quantitative estimate of drug-likeness (QED) is 0.364. The third kappa shape index (κ3) is 6.80. The summed E-state index contributed by atoms with van der Waals surface area (Å²) in [6.07, 6.45) is 2.89. The van der Waals surface area contributed by atoms with Gasteiger partial charge in [0.15, 0.2) is 9.84 Å². The fourth-order valence-electron chi connectivity index (χ4n) is 4.42. The fourth-order valence-corrected chi connectivity index (χ4v) is 5.84. The van der Waals surface area contributed by atoms with Crippen molar-refractivity contribution in [3.8, 4) is 17.2 Å². The zero-order valence-electron chi connectivity index (χ0n) is 20.3. The number of aromatic nitrogens is 1. The van der Waals surface area contributed by atoms with Crippen LogP contribution in [0.5, 0.6) is 5.75 Å². The topological polar surface area (TPSA) is 89.7 Å². The molecular formula is C27H32N2O5S. The molecule has 8 heteroatoms. The summed E-state index contributed by atoms with van der Waals surface area (Å²) in [5, 5.41) is 0. The number of sulfone groups is 1. The number of Topliss-reactive ketones (excluding diaryl/α,β-unsaturated/α-hetero) is 1. The van der Waals surface area contributed by atoms with Crippen LogP contribution in [0.2, 0.25) is 0 Å². The van der Waals surface area contributed by atoms with E-state index < -0.39 is 15.6 Å². The SMILES string of the molecule is COc1cccc(-c2nc(CS(=O)(=O)CC(=O)CCCCN3CCc4ccccc4C3)c(C)o2)c1. The maximum Gasteiger partial charge on any atom is 0.226 e. The highest BCUT2D eigenvalue weighted by molar-refractivity contribution is 7.91. The third-order valence-electron chi connectivity index (χ3n) is 6.34. The van der Waals surface area contributed by atoms with Crippen molar-refractivity contribution >= 4 is 15.6 Å². The maximum atomic E-state index is 12.7. The van der Waals surface area contributed by atoms with Crippen LogP contribution in [0.4, 0.5) is 0 Å². The van der Waals surface area contributed by atoms with E-state index in [0.717, 1.165) is 32.5 Å². The molecule has 0 atom stereocenters. The second-order valence-corrected chi connectivity index (χ2v) is 11.1. The number of ketones is 1. The van der Waals surface area contributed by atoms with Crippen molar-refractivity contribution < 1.29 is 22.4 Å².